The highest BCUT2D eigenvalue weighted by Crippen LogP contribution is 2.25. The van der Waals surface area contributed by atoms with Gasteiger partial charge < -0.3 is 0 Å². The van der Waals surface area contributed by atoms with Gasteiger partial charge in [-0.2, -0.15) is 5.10 Å². The number of sulfonamides is 1. The van der Waals surface area contributed by atoms with Crippen molar-refractivity contribution in [3.05, 3.63) is 51.8 Å². The number of halogens is 1. The molecule has 0 saturated heterocycles. The Kier molecular flexibility index (Phi) is 4.56. The van der Waals surface area contributed by atoms with Gasteiger partial charge >= 0.3 is 0 Å². The van der Waals surface area contributed by atoms with Gasteiger partial charge in [0.25, 0.3) is 5.69 Å². The number of rotatable bonds is 6. The summed E-state index contributed by atoms with van der Waals surface area (Å²) in [5.74, 6) is 0. The number of nitrogens with zero attached hydrogens (tertiary/aromatic N) is 3. The van der Waals surface area contributed by atoms with Gasteiger partial charge in [0.2, 0.25) is 10.0 Å². The van der Waals surface area contributed by atoms with Crippen LogP contribution in [0.25, 0.3) is 0 Å². The molecule has 0 unspecified atom stereocenters. The van der Waals surface area contributed by atoms with Crippen molar-refractivity contribution in [1.82, 2.24) is 14.5 Å². The van der Waals surface area contributed by atoms with Crippen LogP contribution in [0.3, 0.4) is 0 Å². The third kappa shape index (κ3) is 3.78. The van der Waals surface area contributed by atoms with Crippen molar-refractivity contribution in [2.45, 2.75) is 11.4 Å². The molecule has 0 fully saturated rings. The van der Waals surface area contributed by atoms with Gasteiger partial charge in [-0.3, -0.25) is 14.8 Å². The molecule has 1 N–H and O–H groups in total. The molecular weight excluding hydrogens is 320 g/mol. The molecule has 112 valence electrons. The van der Waals surface area contributed by atoms with E-state index in [9.17, 15) is 18.5 Å². The van der Waals surface area contributed by atoms with E-state index in [1.165, 1.54) is 6.07 Å². The molecule has 0 radical (unpaired) electrons. The zero-order valence-corrected chi connectivity index (χ0v) is 12.2. The third-order valence-corrected chi connectivity index (χ3v) is 4.55. The number of nitrogens with one attached hydrogen (secondary N) is 1. The molecular formula is C11H11ClN4O4S. The summed E-state index contributed by atoms with van der Waals surface area (Å²) in [4.78, 5) is 9.69. The van der Waals surface area contributed by atoms with Crippen LogP contribution in [0.2, 0.25) is 5.02 Å². The standard InChI is InChI=1S/C11H11ClN4O4S/c12-10-3-2-9(16(17)18)8-11(10)21(19,20)14-5-7-15-6-1-4-13-15/h1-4,6,8,14H,5,7H2. The molecule has 0 aliphatic rings. The van der Waals surface area contributed by atoms with Gasteiger partial charge in [-0.25, -0.2) is 13.1 Å². The predicted octanol–water partition coefficient (Wildman–Crippen LogP) is 1.42. The predicted molar refractivity (Wildman–Crippen MR) is 75.5 cm³/mol. The normalized spacial score (nSPS) is 11.5. The van der Waals surface area contributed by atoms with Gasteiger partial charge in [0.15, 0.2) is 0 Å². The number of non-ortho nitro benzene ring substituents is 1. The fourth-order valence-electron chi connectivity index (χ4n) is 1.62. The van der Waals surface area contributed by atoms with Gasteiger partial charge in [-0.1, -0.05) is 11.6 Å². The molecule has 0 spiro atoms. The van der Waals surface area contributed by atoms with Crippen LogP contribution in [0.4, 0.5) is 5.69 Å². The van der Waals surface area contributed by atoms with Crippen LogP contribution in [-0.2, 0) is 16.6 Å². The van der Waals surface area contributed by atoms with Crippen molar-refractivity contribution in [3.63, 3.8) is 0 Å². The largest absolute Gasteiger partial charge is 0.271 e. The fraction of sp³-hybridized carbons (Fsp3) is 0.182. The average Bonchev–Trinajstić information content (AvgIpc) is 2.91. The fourth-order valence-corrected chi connectivity index (χ4v) is 3.16. The second-order valence-corrected chi connectivity index (χ2v) is 6.18. The van der Waals surface area contributed by atoms with Crippen LogP contribution in [0.5, 0.6) is 0 Å². The summed E-state index contributed by atoms with van der Waals surface area (Å²) < 4.78 is 28.1. The summed E-state index contributed by atoms with van der Waals surface area (Å²) in [7, 11) is -3.93. The highest BCUT2D eigenvalue weighted by molar-refractivity contribution is 7.89. The maximum atomic E-state index is 12.1. The molecule has 0 atom stereocenters. The van der Waals surface area contributed by atoms with Crippen molar-refractivity contribution < 1.29 is 13.3 Å². The van der Waals surface area contributed by atoms with E-state index in [1.54, 1.807) is 23.1 Å². The summed E-state index contributed by atoms with van der Waals surface area (Å²) in [6.07, 6.45) is 3.26. The number of hydrogen-bond acceptors (Lipinski definition) is 5. The molecule has 0 aliphatic carbocycles. The molecule has 1 aromatic heterocycles. The summed E-state index contributed by atoms with van der Waals surface area (Å²) in [6, 6.07) is 4.97. The van der Waals surface area contributed by atoms with E-state index < -0.39 is 14.9 Å². The molecule has 0 aliphatic heterocycles. The highest BCUT2D eigenvalue weighted by atomic mass is 35.5. The molecule has 10 heteroatoms. The van der Waals surface area contributed by atoms with Crippen LogP contribution >= 0.6 is 11.6 Å². The van der Waals surface area contributed by atoms with Gasteiger partial charge in [0.05, 0.1) is 16.5 Å². The first-order valence-corrected chi connectivity index (χ1v) is 7.67. The smallest absolute Gasteiger partial charge is 0.270 e. The second-order valence-electron chi connectivity index (χ2n) is 4.04. The molecule has 0 saturated carbocycles. The minimum Gasteiger partial charge on any atom is -0.271 e. The number of nitro benzene ring substituents is 1. The van der Waals surface area contributed by atoms with Crippen LogP contribution < -0.4 is 4.72 Å². The van der Waals surface area contributed by atoms with E-state index in [-0.39, 0.29) is 22.2 Å². The van der Waals surface area contributed by atoms with Crippen LogP contribution in [0, 0.1) is 10.1 Å². The second kappa shape index (κ2) is 6.20. The van der Waals surface area contributed by atoms with Crippen molar-refractivity contribution in [2.75, 3.05) is 6.54 Å². The van der Waals surface area contributed by atoms with Gasteiger partial charge in [-0.15, -0.1) is 0 Å². The lowest BCUT2D eigenvalue weighted by Gasteiger charge is -2.08. The lowest BCUT2D eigenvalue weighted by Crippen LogP contribution is -2.27. The lowest BCUT2D eigenvalue weighted by atomic mass is 10.3. The molecule has 0 amide bonds. The van der Waals surface area contributed by atoms with E-state index >= 15 is 0 Å². The van der Waals surface area contributed by atoms with Crippen molar-refractivity contribution in [3.8, 4) is 0 Å². The molecule has 1 aromatic carbocycles. The topological polar surface area (TPSA) is 107 Å². The van der Waals surface area contributed by atoms with Crippen molar-refractivity contribution >= 4 is 27.3 Å². The summed E-state index contributed by atoms with van der Waals surface area (Å²) in [5, 5.41) is 14.5. The Balaban J connectivity index is 2.15. The zero-order valence-electron chi connectivity index (χ0n) is 10.6. The van der Waals surface area contributed by atoms with E-state index in [2.05, 4.69) is 9.82 Å². The summed E-state index contributed by atoms with van der Waals surface area (Å²) in [5.41, 5.74) is -0.341. The Morgan fingerprint density at radius 1 is 1.43 bits per heavy atom. The van der Waals surface area contributed by atoms with Crippen molar-refractivity contribution in [2.24, 2.45) is 0 Å². The Morgan fingerprint density at radius 3 is 2.81 bits per heavy atom. The molecule has 21 heavy (non-hydrogen) atoms. The Bertz CT molecular complexity index is 746. The Hall–Kier alpha value is -1.97. The van der Waals surface area contributed by atoms with Gasteiger partial charge in [-0.05, 0) is 12.1 Å². The number of hydrogen-bond donors (Lipinski definition) is 1. The zero-order chi connectivity index (χ0) is 15.5. The summed E-state index contributed by atoms with van der Waals surface area (Å²) in [6.45, 7) is 0.418. The average molecular weight is 331 g/mol. The highest BCUT2D eigenvalue weighted by Gasteiger charge is 2.21. The monoisotopic (exact) mass is 330 g/mol. The molecule has 2 rings (SSSR count). The minimum absolute atomic E-state index is 0.0767. The van der Waals surface area contributed by atoms with E-state index in [1.807, 2.05) is 0 Å². The van der Waals surface area contributed by atoms with Gasteiger partial charge in [0, 0.05) is 31.1 Å². The molecule has 1 heterocycles. The number of nitro groups is 1. The Labute approximate surface area is 125 Å². The first kappa shape index (κ1) is 15.4. The maximum Gasteiger partial charge on any atom is 0.270 e. The van der Waals surface area contributed by atoms with E-state index in [4.69, 9.17) is 11.6 Å². The maximum absolute atomic E-state index is 12.1. The minimum atomic E-state index is -3.93. The Morgan fingerprint density at radius 2 is 2.19 bits per heavy atom. The lowest BCUT2D eigenvalue weighted by molar-refractivity contribution is -0.385. The van der Waals surface area contributed by atoms with Crippen LogP contribution in [0.1, 0.15) is 0 Å². The molecule has 8 nitrogen and oxygen atoms in total. The van der Waals surface area contributed by atoms with Crippen molar-refractivity contribution in [1.29, 1.82) is 0 Å². The van der Waals surface area contributed by atoms with Crippen LogP contribution in [-0.4, -0.2) is 29.7 Å². The van der Waals surface area contributed by atoms with E-state index in [0.29, 0.717) is 6.54 Å². The number of aromatic nitrogens is 2. The third-order valence-electron chi connectivity index (χ3n) is 2.61. The first-order valence-electron chi connectivity index (χ1n) is 5.81. The van der Waals surface area contributed by atoms with Crippen LogP contribution in [0.15, 0.2) is 41.6 Å². The molecule has 2 aromatic rings. The first-order chi connectivity index (χ1) is 9.90. The SMILES string of the molecule is O=[N+]([O-])c1ccc(Cl)c(S(=O)(=O)NCCn2cccn2)c1. The van der Waals surface area contributed by atoms with E-state index in [0.717, 1.165) is 12.1 Å². The van der Waals surface area contributed by atoms with Gasteiger partial charge in [0.1, 0.15) is 4.90 Å². The summed E-state index contributed by atoms with van der Waals surface area (Å²) >= 11 is 5.80. The molecule has 0 bridgehead atoms. The number of benzene rings is 1. The quantitative estimate of drug-likeness (QED) is 0.636.